The highest BCUT2D eigenvalue weighted by molar-refractivity contribution is 6.06. The number of carbonyl (C=O) groups is 1. The van der Waals surface area contributed by atoms with Gasteiger partial charge < -0.3 is 10.4 Å². The van der Waals surface area contributed by atoms with E-state index < -0.39 is 17.8 Å². The molecule has 0 spiro atoms. The minimum Gasteiger partial charge on any atom is -0.507 e. The third kappa shape index (κ3) is 2.67. The van der Waals surface area contributed by atoms with E-state index in [4.69, 9.17) is 0 Å². The number of anilines is 1. The zero-order valence-corrected chi connectivity index (χ0v) is 9.95. The molecule has 0 aliphatic rings. The molecule has 0 atom stereocenters. The molecule has 98 valence electrons. The maximum absolute atomic E-state index is 13.3. The van der Waals surface area contributed by atoms with Gasteiger partial charge in [0.05, 0.1) is 11.3 Å². The fourth-order valence-corrected chi connectivity index (χ4v) is 1.54. The van der Waals surface area contributed by atoms with Crippen LogP contribution in [-0.2, 0) is 0 Å². The molecule has 0 fully saturated rings. The van der Waals surface area contributed by atoms with Crippen molar-refractivity contribution in [3.8, 4) is 5.75 Å². The molecule has 4 nitrogen and oxygen atoms in total. The van der Waals surface area contributed by atoms with E-state index in [9.17, 15) is 18.7 Å². The van der Waals surface area contributed by atoms with E-state index >= 15 is 0 Å². The van der Waals surface area contributed by atoms with E-state index in [2.05, 4.69) is 10.3 Å². The van der Waals surface area contributed by atoms with Crippen LogP contribution in [0.25, 0.3) is 0 Å². The molecule has 0 saturated heterocycles. The highest BCUT2D eigenvalue weighted by atomic mass is 19.1. The number of amides is 1. The van der Waals surface area contributed by atoms with Crippen molar-refractivity contribution in [2.45, 2.75) is 6.92 Å². The fraction of sp³-hybridized carbons (Fsp3) is 0.0769. The molecular weight excluding hydrogens is 254 g/mol. The third-order valence-corrected chi connectivity index (χ3v) is 2.55. The largest absolute Gasteiger partial charge is 0.507 e. The van der Waals surface area contributed by atoms with Gasteiger partial charge in [-0.25, -0.2) is 0 Å². The molecular formula is C13H10F2N2O2. The van der Waals surface area contributed by atoms with Crippen molar-refractivity contribution < 1.29 is 18.7 Å². The summed E-state index contributed by atoms with van der Waals surface area (Å²) in [6, 6.07) is 6.60. The van der Waals surface area contributed by atoms with Gasteiger partial charge in [-0.1, -0.05) is 12.1 Å². The number of pyridine rings is 1. The van der Waals surface area contributed by atoms with Crippen molar-refractivity contribution in [3.63, 3.8) is 0 Å². The van der Waals surface area contributed by atoms with Gasteiger partial charge in [0.2, 0.25) is 11.9 Å². The van der Waals surface area contributed by atoms with Crippen molar-refractivity contribution in [1.29, 1.82) is 0 Å². The van der Waals surface area contributed by atoms with Gasteiger partial charge in [0.1, 0.15) is 5.75 Å². The van der Waals surface area contributed by atoms with Crippen LogP contribution in [0.4, 0.5) is 14.5 Å². The van der Waals surface area contributed by atoms with E-state index in [0.717, 1.165) is 12.1 Å². The molecule has 1 aromatic heterocycles. The number of para-hydroxylation sites is 1. The number of phenols is 1. The average molecular weight is 264 g/mol. The van der Waals surface area contributed by atoms with Crippen molar-refractivity contribution in [2.24, 2.45) is 0 Å². The summed E-state index contributed by atoms with van der Waals surface area (Å²) in [5.74, 6) is -2.99. The maximum Gasteiger partial charge on any atom is 0.259 e. The normalized spacial score (nSPS) is 10.3. The Bertz CT molecular complexity index is 645. The Hall–Kier alpha value is -2.50. The molecule has 0 bridgehead atoms. The number of nitrogens with zero attached hydrogens (tertiary/aromatic N) is 1. The van der Waals surface area contributed by atoms with Crippen molar-refractivity contribution in [1.82, 2.24) is 4.98 Å². The number of carbonyl (C=O) groups excluding carboxylic acids is 1. The fourth-order valence-electron chi connectivity index (χ4n) is 1.54. The highest BCUT2D eigenvalue weighted by Gasteiger charge is 2.15. The number of aromatic nitrogens is 1. The van der Waals surface area contributed by atoms with Crippen molar-refractivity contribution in [2.75, 3.05) is 5.32 Å². The zero-order valence-electron chi connectivity index (χ0n) is 9.95. The smallest absolute Gasteiger partial charge is 0.259 e. The van der Waals surface area contributed by atoms with Gasteiger partial charge >= 0.3 is 0 Å². The summed E-state index contributed by atoms with van der Waals surface area (Å²) < 4.78 is 25.9. The topological polar surface area (TPSA) is 62.2 Å². The Labute approximate surface area is 107 Å². The predicted molar refractivity (Wildman–Crippen MR) is 65.0 cm³/mol. The highest BCUT2D eigenvalue weighted by Crippen LogP contribution is 2.23. The van der Waals surface area contributed by atoms with Gasteiger partial charge in [-0.15, -0.1) is 0 Å². The number of nitrogens with one attached hydrogen (secondary N) is 1. The number of aromatic hydroxyl groups is 1. The summed E-state index contributed by atoms with van der Waals surface area (Å²) >= 11 is 0. The molecule has 1 heterocycles. The van der Waals surface area contributed by atoms with Gasteiger partial charge in [-0.05, 0) is 30.7 Å². The molecule has 2 N–H and O–H groups in total. The first-order chi connectivity index (χ1) is 8.99. The summed E-state index contributed by atoms with van der Waals surface area (Å²) in [7, 11) is 0. The van der Waals surface area contributed by atoms with Crippen LogP contribution in [0, 0.1) is 18.8 Å². The zero-order chi connectivity index (χ0) is 14.0. The van der Waals surface area contributed by atoms with E-state index in [1.54, 1.807) is 19.1 Å². The monoisotopic (exact) mass is 264 g/mol. The van der Waals surface area contributed by atoms with Gasteiger partial charge in [-0.2, -0.15) is 13.8 Å². The van der Waals surface area contributed by atoms with E-state index in [0.29, 0.717) is 5.56 Å². The minimum absolute atomic E-state index is 0.00345. The second-order valence-corrected chi connectivity index (χ2v) is 3.90. The Kier molecular flexibility index (Phi) is 3.41. The lowest BCUT2D eigenvalue weighted by atomic mass is 10.1. The van der Waals surface area contributed by atoms with Crippen molar-refractivity contribution in [3.05, 3.63) is 53.4 Å². The lowest BCUT2D eigenvalue weighted by Gasteiger charge is -2.08. The number of hydrogen-bond donors (Lipinski definition) is 2. The Balaban J connectivity index is 2.28. The Morgan fingerprint density at radius 2 is 2.00 bits per heavy atom. The Morgan fingerprint density at radius 3 is 2.68 bits per heavy atom. The number of rotatable bonds is 2. The molecule has 6 heteroatoms. The molecule has 19 heavy (non-hydrogen) atoms. The second kappa shape index (κ2) is 5.01. The van der Waals surface area contributed by atoms with E-state index in [1.807, 2.05) is 0 Å². The summed E-state index contributed by atoms with van der Waals surface area (Å²) in [5, 5.41) is 11.9. The van der Waals surface area contributed by atoms with Crippen LogP contribution in [0.15, 0.2) is 30.3 Å². The van der Waals surface area contributed by atoms with Gasteiger partial charge in [0.15, 0.2) is 0 Å². The molecule has 0 aliphatic carbocycles. The molecule has 0 radical (unpaired) electrons. The molecule has 0 unspecified atom stereocenters. The molecule has 0 aliphatic heterocycles. The number of halogens is 2. The molecule has 0 saturated carbocycles. The van der Waals surface area contributed by atoms with Crippen LogP contribution in [0.3, 0.4) is 0 Å². The van der Waals surface area contributed by atoms with Crippen LogP contribution in [0.5, 0.6) is 5.75 Å². The lowest BCUT2D eigenvalue weighted by Crippen LogP contribution is -2.14. The van der Waals surface area contributed by atoms with Gasteiger partial charge in [-0.3, -0.25) is 4.79 Å². The minimum atomic E-state index is -1.12. The quantitative estimate of drug-likeness (QED) is 0.819. The van der Waals surface area contributed by atoms with Crippen LogP contribution < -0.4 is 5.32 Å². The summed E-state index contributed by atoms with van der Waals surface area (Å²) in [5.41, 5.74) is 0.265. The molecule has 1 aromatic carbocycles. The number of benzene rings is 1. The molecule has 2 rings (SSSR count). The van der Waals surface area contributed by atoms with E-state index in [-0.39, 0.29) is 17.0 Å². The van der Waals surface area contributed by atoms with Gasteiger partial charge in [0.25, 0.3) is 5.91 Å². The first-order valence-electron chi connectivity index (χ1n) is 5.41. The lowest BCUT2D eigenvalue weighted by molar-refractivity contribution is 0.102. The average Bonchev–Trinajstić information content (AvgIpc) is 2.36. The number of phenolic OH excluding ortho intramolecular Hbond substituents is 1. The van der Waals surface area contributed by atoms with Crippen LogP contribution in [-0.4, -0.2) is 16.0 Å². The second-order valence-electron chi connectivity index (χ2n) is 3.90. The predicted octanol–water partition coefficient (Wildman–Crippen LogP) is 2.63. The van der Waals surface area contributed by atoms with Crippen LogP contribution in [0.1, 0.15) is 15.9 Å². The van der Waals surface area contributed by atoms with E-state index in [1.165, 1.54) is 6.07 Å². The first kappa shape index (κ1) is 12.9. The summed E-state index contributed by atoms with van der Waals surface area (Å²) in [6.45, 7) is 1.63. The van der Waals surface area contributed by atoms with Gasteiger partial charge in [0, 0.05) is 0 Å². The molecule has 1 amide bonds. The number of aryl methyl sites for hydroxylation is 1. The van der Waals surface area contributed by atoms with Crippen molar-refractivity contribution >= 4 is 11.6 Å². The number of hydrogen-bond acceptors (Lipinski definition) is 3. The maximum atomic E-state index is 13.3. The molecule has 2 aromatic rings. The van der Waals surface area contributed by atoms with Crippen LogP contribution in [0.2, 0.25) is 0 Å². The third-order valence-electron chi connectivity index (χ3n) is 2.55. The first-order valence-corrected chi connectivity index (χ1v) is 5.41. The standard InChI is InChI=1S/C13H10F2N2O2/c1-7-3-2-4-8(11(7)18)13(19)16-9-5-6-10(14)17-12(9)15/h2-6,18H,1H3,(H,16,19). The SMILES string of the molecule is Cc1cccc(C(=O)Nc2ccc(F)nc2F)c1O. The van der Waals surface area contributed by atoms with Crippen LogP contribution >= 0.6 is 0 Å². The summed E-state index contributed by atoms with van der Waals surface area (Å²) in [4.78, 5) is 14.8. The summed E-state index contributed by atoms with van der Waals surface area (Å²) in [6.07, 6.45) is 0. The Morgan fingerprint density at radius 1 is 1.26 bits per heavy atom.